The molecule has 0 bridgehead atoms. The van der Waals surface area contributed by atoms with Crippen LogP contribution in [0.4, 0.5) is 0 Å². The van der Waals surface area contributed by atoms with E-state index in [0.717, 1.165) is 5.75 Å². The minimum absolute atomic E-state index is 0. The first-order valence-electron chi connectivity index (χ1n) is 2.99. The van der Waals surface area contributed by atoms with Crippen molar-refractivity contribution in [1.82, 2.24) is 0 Å². The van der Waals surface area contributed by atoms with Gasteiger partial charge in [-0.05, 0) is 15.5 Å². The van der Waals surface area contributed by atoms with Gasteiger partial charge in [0.1, 0.15) is 5.75 Å². The lowest BCUT2D eigenvalue weighted by Crippen LogP contribution is -3.00. The smallest absolute Gasteiger partial charge is 0.524 e. The molecular formula is C5H14INO2PS+. The molecule has 0 fully saturated rings. The van der Waals surface area contributed by atoms with E-state index in [-0.39, 0.29) is 24.0 Å². The molecule has 0 saturated carbocycles. The van der Waals surface area contributed by atoms with Gasteiger partial charge in [0, 0.05) is 0 Å². The Morgan fingerprint density at radius 1 is 1.64 bits per heavy atom. The van der Waals surface area contributed by atoms with E-state index in [0.29, 0.717) is 17.3 Å². The van der Waals surface area contributed by atoms with Crippen LogP contribution in [0.3, 0.4) is 0 Å². The van der Waals surface area contributed by atoms with Gasteiger partial charge in [-0.2, -0.15) is 4.89 Å². The molecule has 2 unspecified atom stereocenters. The van der Waals surface area contributed by atoms with Crippen molar-refractivity contribution in [1.29, 1.82) is 0 Å². The van der Waals surface area contributed by atoms with Crippen molar-refractivity contribution in [3.8, 4) is 0 Å². The standard InChI is InChI=1S/C5H13NO2PS.HI/c1-10(2)4-3-5(6)9(7)8;/h5H,3-4,6H2,1-2H3;1H/q+1;. The van der Waals surface area contributed by atoms with E-state index < -0.39 is 13.8 Å². The first-order valence-corrected chi connectivity index (χ1v) is 6.48. The van der Waals surface area contributed by atoms with E-state index in [1.54, 1.807) is 0 Å². The molecule has 3 N–H and O–H groups in total. The molecule has 2 atom stereocenters. The fraction of sp³-hybridized carbons (Fsp3) is 1.00. The maximum Gasteiger partial charge on any atom is 0.524 e. The third-order valence-electron chi connectivity index (χ3n) is 1.11. The van der Waals surface area contributed by atoms with Crippen molar-refractivity contribution in [3.05, 3.63) is 0 Å². The van der Waals surface area contributed by atoms with Crippen LogP contribution >= 0.6 is 8.03 Å². The van der Waals surface area contributed by atoms with Gasteiger partial charge in [0.05, 0.1) is 18.9 Å². The van der Waals surface area contributed by atoms with E-state index in [2.05, 4.69) is 12.5 Å². The molecule has 0 aliphatic carbocycles. The summed E-state index contributed by atoms with van der Waals surface area (Å²) in [5.41, 5.74) is 5.34. The zero-order valence-corrected chi connectivity index (χ0v) is 10.5. The van der Waals surface area contributed by atoms with Gasteiger partial charge in [0.25, 0.3) is 0 Å². The van der Waals surface area contributed by atoms with E-state index in [1.165, 1.54) is 0 Å². The van der Waals surface area contributed by atoms with E-state index >= 15 is 0 Å². The molecule has 0 rings (SSSR count). The van der Waals surface area contributed by atoms with Gasteiger partial charge in [-0.1, -0.05) is 0 Å². The minimum atomic E-state index is -2.16. The van der Waals surface area contributed by atoms with E-state index in [1.807, 2.05) is 0 Å². The highest BCUT2D eigenvalue weighted by molar-refractivity contribution is 7.95. The van der Waals surface area contributed by atoms with Crippen LogP contribution in [-0.4, -0.2) is 28.9 Å². The number of rotatable bonds is 4. The van der Waals surface area contributed by atoms with Gasteiger partial charge in [-0.15, -0.1) is 0 Å². The summed E-state index contributed by atoms with van der Waals surface area (Å²) in [5.74, 6) is 0.424. The average molecular weight is 310 g/mol. The van der Waals surface area contributed by atoms with Crippen LogP contribution in [-0.2, 0) is 15.5 Å². The molecule has 0 saturated heterocycles. The van der Waals surface area contributed by atoms with E-state index in [4.69, 9.17) is 10.6 Å². The Balaban J connectivity index is 0. The first kappa shape index (κ1) is 14.6. The number of hydrogen-bond donors (Lipinski definition) is 2. The van der Waals surface area contributed by atoms with Crippen LogP contribution in [0.15, 0.2) is 0 Å². The van der Waals surface area contributed by atoms with Gasteiger partial charge in [-0.3, -0.25) is 5.73 Å². The predicted molar refractivity (Wildman–Crippen MR) is 46.5 cm³/mol. The average Bonchev–Trinajstić information content (AvgIpc) is 1.82. The lowest BCUT2D eigenvalue weighted by molar-refractivity contribution is -0.00000484. The quantitative estimate of drug-likeness (QED) is 0.337. The SMILES string of the molecule is C[S+](C)CCC(N)[P+](=O)O.[I-]. The first-order chi connectivity index (χ1) is 4.54. The summed E-state index contributed by atoms with van der Waals surface area (Å²) >= 11 is 0. The molecule has 3 nitrogen and oxygen atoms in total. The summed E-state index contributed by atoms with van der Waals surface area (Å²) in [6.07, 6.45) is 4.84. The fourth-order valence-electron chi connectivity index (χ4n) is 0.467. The molecule has 0 aromatic heterocycles. The second-order valence-electron chi connectivity index (χ2n) is 2.35. The van der Waals surface area contributed by atoms with Gasteiger partial charge in [-0.25, -0.2) is 0 Å². The second-order valence-corrected chi connectivity index (χ2v) is 6.00. The molecule has 0 radical (unpaired) electrons. The van der Waals surface area contributed by atoms with Crippen LogP contribution in [0.25, 0.3) is 0 Å². The summed E-state index contributed by atoms with van der Waals surface area (Å²) in [6.45, 7) is 0. The summed E-state index contributed by atoms with van der Waals surface area (Å²) in [7, 11) is -1.83. The predicted octanol–water partition coefficient (Wildman–Crippen LogP) is -2.72. The largest absolute Gasteiger partial charge is 1.00 e. The zero-order chi connectivity index (χ0) is 8.15. The minimum Gasteiger partial charge on any atom is -1.00 e. The van der Waals surface area contributed by atoms with Gasteiger partial charge in [0.15, 0.2) is 0 Å². The monoisotopic (exact) mass is 310 g/mol. The maximum atomic E-state index is 10.3. The third kappa shape index (κ3) is 9.01. The van der Waals surface area contributed by atoms with E-state index in [9.17, 15) is 4.57 Å². The molecule has 0 aromatic carbocycles. The molecule has 0 aliphatic rings. The van der Waals surface area contributed by atoms with Crippen LogP contribution in [0.5, 0.6) is 0 Å². The molecule has 6 heteroatoms. The Hall–Kier alpha value is 1.10. The lowest BCUT2D eigenvalue weighted by Gasteiger charge is -1.95. The summed E-state index contributed by atoms with van der Waals surface area (Å²) in [4.78, 5) is 8.52. The van der Waals surface area contributed by atoms with Crippen molar-refractivity contribution in [2.24, 2.45) is 5.73 Å². The van der Waals surface area contributed by atoms with Crippen LogP contribution in [0.2, 0.25) is 0 Å². The Labute approximate surface area is 88.4 Å². The van der Waals surface area contributed by atoms with Gasteiger partial charge < -0.3 is 24.0 Å². The Morgan fingerprint density at radius 3 is 2.36 bits per heavy atom. The molecule has 68 valence electrons. The van der Waals surface area contributed by atoms with Crippen LogP contribution in [0.1, 0.15) is 6.42 Å². The molecule has 0 aliphatic heterocycles. The van der Waals surface area contributed by atoms with Crippen LogP contribution < -0.4 is 29.7 Å². The highest BCUT2D eigenvalue weighted by Gasteiger charge is 2.25. The van der Waals surface area contributed by atoms with Crippen molar-refractivity contribution in [2.75, 3.05) is 18.3 Å². The summed E-state index contributed by atoms with van der Waals surface area (Å²) < 4.78 is 10.3. The van der Waals surface area contributed by atoms with Crippen molar-refractivity contribution < 1.29 is 33.4 Å². The fourth-order valence-corrected chi connectivity index (χ4v) is 1.72. The zero-order valence-electron chi connectivity index (χ0n) is 6.66. The van der Waals surface area contributed by atoms with Gasteiger partial charge >= 0.3 is 8.03 Å². The summed E-state index contributed by atoms with van der Waals surface area (Å²) in [5, 5.41) is 0. The Morgan fingerprint density at radius 2 is 2.09 bits per heavy atom. The molecule has 0 aromatic rings. The molecule has 11 heavy (non-hydrogen) atoms. The Kier molecular flexibility index (Phi) is 10.3. The highest BCUT2D eigenvalue weighted by atomic mass is 127. The highest BCUT2D eigenvalue weighted by Crippen LogP contribution is 2.20. The van der Waals surface area contributed by atoms with Crippen molar-refractivity contribution in [2.45, 2.75) is 12.2 Å². The topological polar surface area (TPSA) is 63.3 Å². The van der Waals surface area contributed by atoms with Crippen LogP contribution in [0, 0.1) is 0 Å². The molecular weight excluding hydrogens is 296 g/mol. The molecule has 0 amide bonds. The Bertz CT molecular complexity index is 125. The summed E-state index contributed by atoms with van der Waals surface area (Å²) in [6, 6.07) is 0. The number of halogens is 1. The lowest BCUT2D eigenvalue weighted by atomic mass is 10.5. The molecule has 0 spiro atoms. The second kappa shape index (κ2) is 7.73. The number of nitrogens with two attached hydrogens (primary N) is 1. The third-order valence-corrected chi connectivity index (χ3v) is 2.98. The van der Waals surface area contributed by atoms with Gasteiger partial charge in [0.2, 0.25) is 5.78 Å². The number of hydrogen-bond acceptors (Lipinski definition) is 2. The van der Waals surface area contributed by atoms with Crippen molar-refractivity contribution in [3.63, 3.8) is 0 Å². The van der Waals surface area contributed by atoms with Crippen molar-refractivity contribution >= 4 is 18.9 Å². The maximum absolute atomic E-state index is 10.3. The molecule has 0 heterocycles. The normalized spacial score (nSPS) is 14.1.